The van der Waals surface area contributed by atoms with Crippen molar-refractivity contribution in [1.82, 2.24) is 9.78 Å². The van der Waals surface area contributed by atoms with E-state index in [0.717, 1.165) is 44.7 Å². The van der Waals surface area contributed by atoms with Gasteiger partial charge in [0.25, 0.3) is 0 Å². The highest BCUT2D eigenvalue weighted by molar-refractivity contribution is 8.14. The van der Waals surface area contributed by atoms with Gasteiger partial charge in [-0.25, -0.2) is 14.1 Å². The Morgan fingerprint density at radius 3 is 2.45 bits per heavy atom. The van der Waals surface area contributed by atoms with Crippen LogP contribution in [0.3, 0.4) is 0 Å². The monoisotopic (exact) mass is 477 g/mol. The van der Waals surface area contributed by atoms with Crippen LogP contribution in [0.25, 0.3) is 5.69 Å². The van der Waals surface area contributed by atoms with Crippen LogP contribution in [0.15, 0.2) is 77.8 Å². The van der Waals surface area contributed by atoms with Crippen LogP contribution in [0.2, 0.25) is 5.02 Å². The lowest BCUT2D eigenvalue weighted by Crippen LogP contribution is -2.06. The van der Waals surface area contributed by atoms with E-state index in [1.54, 1.807) is 28.6 Å². The molecule has 0 N–H and O–H groups in total. The molecule has 0 aliphatic carbocycles. The molecule has 1 aromatic heterocycles. The van der Waals surface area contributed by atoms with Crippen LogP contribution in [0.4, 0.5) is 10.2 Å². The number of nitrogens with zero attached hydrogens (tertiary/aromatic N) is 3. The van der Waals surface area contributed by atoms with Crippen molar-refractivity contribution >= 4 is 34.2 Å². The molecule has 0 amide bonds. The lowest BCUT2D eigenvalue weighted by molar-refractivity contribution is 0.306. The summed E-state index contributed by atoms with van der Waals surface area (Å²) in [5, 5.41) is 6.44. The first kappa shape index (κ1) is 21.7. The fraction of sp³-hybridized carbons (Fsp3) is 0.154. The number of aryl methyl sites for hydroxylation is 1. The summed E-state index contributed by atoms with van der Waals surface area (Å²) in [6.07, 6.45) is 0. The molecule has 0 saturated carbocycles. The summed E-state index contributed by atoms with van der Waals surface area (Å²) in [5.74, 6) is 1.30. The number of fused-ring (bicyclic) bond motifs is 1. The Morgan fingerprint density at radius 2 is 1.73 bits per heavy atom. The van der Waals surface area contributed by atoms with E-state index in [0.29, 0.717) is 11.6 Å². The Labute approximate surface area is 201 Å². The summed E-state index contributed by atoms with van der Waals surface area (Å²) >= 11 is 7.93. The molecule has 0 fully saturated rings. The first-order valence-electron chi connectivity index (χ1n) is 10.5. The molecule has 0 spiro atoms. The number of ether oxygens (including phenoxy) is 1. The molecular formula is C26H21ClFN3OS. The molecule has 0 unspecified atom stereocenters. The predicted octanol–water partition coefficient (Wildman–Crippen LogP) is 7.44. The van der Waals surface area contributed by atoms with Gasteiger partial charge in [-0.1, -0.05) is 53.7 Å². The summed E-state index contributed by atoms with van der Waals surface area (Å²) in [5.41, 5.74) is 4.85. The lowest BCUT2D eigenvalue weighted by Gasteiger charge is -2.22. The van der Waals surface area contributed by atoms with E-state index in [1.165, 1.54) is 12.1 Å². The van der Waals surface area contributed by atoms with Crippen LogP contribution < -0.4 is 4.74 Å². The number of aliphatic imine (C=N–C) groups is 1. The summed E-state index contributed by atoms with van der Waals surface area (Å²) < 4.78 is 21.2. The van der Waals surface area contributed by atoms with Crippen molar-refractivity contribution in [3.05, 3.63) is 106 Å². The van der Waals surface area contributed by atoms with Gasteiger partial charge in [0.05, 0.1) is 21.7 Å². The van der Waals surface area contributed by atoms with Crippen molar-refractivity contribution in [2.45, 2.75) is 25.7 Å². The first-order chi connectivity index (χ1) is 16.0. The number of thioether (sulfide) groups is 1. The van der Waals surface area contributed by atoms with Crippen molar-refractivity contribution in [3.63, 3.8) is 0 Å². The third kappa shape index (κ3) is 4.41. The molecule has 4 aromatic rings. The molecule has 0 radical (unpaired) electrons. The number of rotatable bonds is 5. The Kier molecular flexibility index (Phi) is 5.96. The predicted molar refractivity (Wildman–Crippen MR) is 133 cm³/mol. The van der Waals surface area contributed by atoms with Crippen LogP contribution in [0, 0.1) is 12.7 Å². The minimum Gasteiger partial charge on any atom is -0.489 e. The molecule has 33 heavy (non-hydrogen) atoms. The highest BCUT2D eigenvalue weighted by Gasteiger charge is 2.30. The van der Waals surface area contributed by atoms with E-state index in [9.17, 15) is 4.39 Å². The maximum Gasteiger partial charge on any atom is 0.161 e. The minimum absolute atomic E-state index is 0.0596. The Balaban J connectivity index is 1.42. The normalized spacial score (nSPS) is 15.2. The van der Waals surface area contributed by atoms with E-state index < -0.39 is 0 Å². The van der Waals surface area contributed by atoms with E-state index in [1.807, 2.05) is 50.2 Å². The van der Waals surface area contributed by atoms with E-state index in [4.69, 9.17) is 26.4 Å². The van der Waals surface area contributed by atoms with Gasteiger partial charge in [-0.05, 0) is 61.9 Å². The molecule has 2 heterocycles. The van der Waals surface area contributed by atoms with Crippen molar-refractivity contribution in [2.24, 2.45) is 4.99 Å². The van der Waals surface area contributed by atoms with Gasteiger partial charge < -0.3 is 4.74 Å². The van der Waals surface area contributed by atoms with Gasteiger partial charge in [-0.2, -0.15) is 5.10 Å². The number of hydrogen-bond acceptors (Lipinski definition) is 4. The van der Waals surface area contributed by atoms with E-state index in [-0.39, 0.29) is 11.1 Å². The van der Waals surface area contributed by atoms with Gasteiger partial charge in [0.15, 0.2) is 5.82 Å². The molecule has 5 rings (SSSR count). The highest BCUT2D eigenvalue weighted by atomic mass is 35.5. The third-order valence-corrected chi connectivity index (χ3v) is 7.05. The second kappa shape index (κ2) is 9.04. The number of benzene rings is 3. The van der Waals surface area contributed by atoms with Gasteiger partial charge >= 0.3 is 0 Å². The fourth-order valence-electron chi connectivity index (χ4n) is 3.86. The molecule has 0 saturated heterocycles. The fourth-order valence-corrected chi connectivity index (χ4v) is 5.22. The second-order valence-corrected chi connectivity index (χ2v) is 9.49. The smallest absolute Gasteiger partial charge is 0.161 e. The molecule has 3 aromatic carbocycles. The third-order valence-electron chi connectivity index (χ3n) is 5.50. The SMILES string of the molecule is CC1=Nc2c(c(C)nn2-c2ccc(F)cc2)[C@@H](c2ccc(OCc3ccccc3Cl)cc2)S1. The van der Waals surface area contributed by atoms with E-state index in [2.05, 4.69) is 12.1 Å². The van der Waals surface area contributed by atoms with Crippen molar-refractivity contribution in [2.75, 3.05) is 0 Å². The van der Waals surface area contributed by atoms with Gasteiger partial charge in [-0.15, -0.1) is 0 Å². The van der Waals surface area contributed by atoms with Crippen molar-refractivity contribution in [3.8, 4) is 11.4 Å². The Bertz CT molecular complexity index is 1330. The summed E-state index contributed by atoms with van der Waals surface area (Å²) in [7, 11) is 0. The summed E-state index contributed by atoms with van der Waals surface area (Å²) in [4.78, 5) is 4.78. The molecule has 7 heteroatoms. The lowest BCUT2D eigenvalue weighted by atomic mass is 10.0. The largest absolute Gasteiger partial charge is 0.489 e. The molecule has 1 atom stereocenters. The molecular weight excluding hydrogens is 457 g/mol. The number of hydrogen-bond donors (Lipinski definition) is 0. The van der Waals surface area contributed by atoms with Crippen molar-refractivity contribution in [1.29, 1.82) is 0 Å². The van der Waals surface area contributed by atoms with Gasteiger partial charge in [0, 0.05) is 16.1 Å². The zero-order chi connectivity index (χ0) is 22.9. The van der Waals surface area contributed by atoms with E-state index >= 15 is 0 Å². The zero-order valence-corrected chi connectivity index (χ0v) is 19.7. The quantitative estimate of drug-likeness (QED) is 0.300. The van der Waals surface area contributed by atoms with Crippen molar-refractivity contribution < 1.29 is 9.13 Å². The number of aromatic nitrogens is 2. The molecule has 4 nitrogen and oxygen atoms in total. The molecule has 0 bridgehead atoms. The maximum atomic E-state index is 13.4. The van der Waals surface area contributed by atoms with Gasteiger partial charge in [0.1, 0.15) is 18.2 Å². The minimum atomic E-state index is -0.276. The molecule has 1 aliphatic rings. The van der Waals surface area contributed by atoms with Crippen LogP contribution in [-0.2, 0) is 6.61 Å². The Hall–Kier alpha value is -3.09. The van der Waals surface area contributed by atoms with Gasteiger partial charge in [-0.3, -0.25) is 0 Å². The van der Waals surface area contributed by atoms with Crippen LogP contribution >= 0.6 is 23.4 Å². The van der Waals surface area contributed by atoms with Crippen LogP contribution in [-0.4, -0.2) is 14.8 Å². The molecule has 166 valence electrons. The van der Waals surface area contributed by atoms with Gasteiger partial charge in [0.2, 0.25) is 0 Å². The standard InChI is InChI=1S/C26H21ClFN3OS/c1-16-24-25(18-7-13-22(14-8-18)32-15-19-5-3-4-6-23(19)27)33-17(2)29-26(24)31(30-16)21-11-9-20(28)10-12-21/h3-14,25H,15H2,1-2H3/t25-/m1/s1. The molecule has 1 aliphatic heterocycles. The summed E-state index contributed by atoms with van der Waals surface area (Å²) in [6, 6.07) is 22.1. The average molecular weight is 478 g/mol. The Morgan fingerprint density at radius 1 is 1.00 bits per heavy atom. The first-order valence-corrected chi connectivity index (χ1v) is 11.8. The summed E-state index contributed by atoms with van der Waals surface area (Å²) in [6.45, 7) is 4.40. The average Bonchev–Trinajstić information content (AvgIpc) is 3.15. The topological polar surface area (TPSA) is 39.4 Å². The maximum absolute atomic E-state index is 13.4. The highest BCUT2D eigenvalue weighted by Crippen LogP contribution is 2.47. The van der Waals surface area contributed by atoms with Crippen LogP contribution in [0.1, 0.15) is 34.6 Å². The number of halogens is 2. The second-order valence-electron chi connectivity index (χ2n) is 7.79. The zero-order valence-electron chi connectivity index (χ0n) is 18.1. The van der Waals surface area contributed by atoms with Crippen LogP contribution in [0.5, 0.6) is 5.75 Å².